The molecule has 1 aliphatic heterocycles. The van der Waals surface area contributed by atoms with Gasteiger partial charge in [0.15, 0.2) is 0 Å². The molecule has 19 heavy (non-hydrogen) atoms. The summed E-state index contributed by atoms with van der Waals surface area (Å²) in [6.45, 7) is 5.49. The van der Waals surface area contributed by atoms with Gasteiger partial charge < -0.3 is 16.4 Å². The predicted molar refractivity (Wildman–Crippen MR) is 74.5 cm³/mol. The first-order chi connectivity index (χ1) is 9.16. The highest BCUT2D eigenvalue weighted by Crippen LogP contribution is 2.13. The van der Waals surface area contributed by atoms with Crippen molar-refractivity contribution in [3.8, 4) is 0 Å². The van der Waals surface area contributed by atoms with Gasteiger partial charge in [-0.05, 0) is 6.07 Å². The van der Waals surface area contributed by atoms with E-state index in [1.54, 1.807) is 5.38 Å². The normalized spacial score (nSPS) is 16.2. The summed E-state index contributed by atoms with van der Waals surface area (Å²) in [6, 6.07) is 1.53. The molecule has 1 aliphatic rings. The lowest BCUT2D eigenvalue weighted by atomic mass is 10.3. The number of nitrogens with one attached hydrogen (secondary N) is 2. The van der Waals surface area contributed by atoms with Crippen molar-refractivity contribution < 1.29 is 9.59 Å². The van der Waals surface area contributed by atoms with Crippen LogP contribution in [0.4, 0.5) is 0 Å². The Morgan fingerprint density at radius 2 is 2.16 bits per heavy atom. The first-order valence-electron chi connectivity index (χ1n) is 6.26. The molecule has 0 saturated carbocycles. The maximum absolute atomic E-state index is 11.8. The molecule has 1 saturated heterocycles. The highest BCUT2D eigenvalue weighted by atomic mass is 32.1. The van der Waals surface area contributed by atoms with E-state index in [-0.39, 0.29) is 5.91 Å². The number of nitrogens with two attached hydrogens (primary N) is 1. The zero-order valence-corrected chi connectivity index (χ0v) is 11.5. The van der Waals surface area contributed by atoms with Gasteiger partial charge in [-0.15, -0.1) is 11.3 Å². The number of carbonyl (C=O) groups excluding carboxylic acids is 2. The monoisotopic (exact) mass is 282 g/mol. The second-order valence-electron chi connectivity index (χ2n) is 4.41. The molecule has 0 atom stereocenters. The van der Waals surface area contributed by atoms with E-state index in [0.717, 1.165) is 32.7 Å². The highest BCUT2D eigenvalue weighted by Gasteiger charge is 2.12. The Kier molecular flexibility index (Phi) is 4.89. The van der Waals surface area contributed by atoms with E-state index in [2.05, 4.69) is 15.5 Å². The summed E-state index contributed by atoms with van der Waals surface area (Å²) in [7, 11) is 0. The summed E-state index contributed by atoms with van der Waals surface area (Å²) < 4.78 is 0. The zero-order chi connectivity index (χ0) is 13.7. The van der Waals surface area contributed by atoms with Crippen LogP contribution in [0, 0.1) is 0 Å². The van der Waals surface area contributed by atoms with E-state index in [1.165, 1.54) is 17.4 Å². The number of piperazine rings is 1. The molecule has 1 aromatic heterocycles. The third-order valence-electron chi connectivity index (χ3n) is 3.03. The van der Waals surface area contributed by atoms with Crippen LogP contribution in [-0.2, 0) is 0 Å². The Morgan fingerprint density at radius 3 is 2.79 bits per heavy atom. The number of nitrogens with zero attached hydrogens (tertiary/aromatic N) is 1. The quantitative estimate of drug-likeness (QED) is 0.678. The molecule has 0 aliphatic carbocycles. The molecule has 7 heteroatoms. The van der Waals surface area contributed by atoms with Crippen LogP contribution in [0.3, 0.4) is 0 Å². The summed E-state index contributed by atoms with van der Waals surface area (Å²) in [5.74, 6) is -0.649. The summed E-state index contributed by atoms with van der Waals surface area (Å²) in [4.78, 5) is 25.6. The Morgan fingerprint density at radius 1 is 1.42 bits per heavy atom. The molecule has 0 radical (unpaired) electrons. The molecular formula is C12H18N4O2S. The van der Waals surface area contributed by atoms with Gasteiger partial charge in [-0.3, -0.25) is 14.5 Å². The highest BCUT2D eigenvalue weighted by molar-refractivity contribution is 7.12. The molecule has 2 heterocycles. The van der Waals surface area contributed by atoms with Crippen molar-refractivity contribution in [2.45, 2.75) is 0 Å². The van der Waals surface area contributed by atoms with Gasteiger partial charge in [0.1, 0.15) is 0 Å². The maximum atomic E-state index is 11.8. The van der Waals surface area contributed by atoms with Crippen molar-refractivity contribution in [1.82, 2.24) is 15.5 Å². The third kappa shape index (κ3) is 4.02. The Labute approximate surface area is 116 Å². The maximum Gasteiger partial charge on any atom is 0.261 e. The third-order valence-corrected chi connectivity index (χ3v) is 3.96. The molecule has 4 N–H and O–H groups in total. The molecule has 0 spiro atoms. The number of hydrogen-bond acceptors (Lipinski definition) is 5. The van der Waals surface area contributed by atoms with E-state index in [9.17, 15) is 9.59 Å². The first kappa shape index (κ1) is 14.0. The second-order valence-corrected chi connectivity index (χ2v) is 5.32. The molecular weight excluding hydrogens is 264 g/mol. The van der Waals surface area contributed by atoms with Crippen LogP contribution in [0.1, 0.15) is 20.0 Å². The Bertz CT molecular complexity index is 454. The van der Waals surface area contributed by atoms with Crippen LogP contribution in [0.2, 0.25) is 0 Å². The van der Waals surface area contributed by atoms with E-state index in [0.29, 0.717) is 17.0 Å². The van der Waals surface area contributed by atoms with E-state index < -0.39 is 5.91 Å². The van der Waals surface area contributed by atoms with Crippen LogP contribution in [0.5, 0.6) is 0 Å². The van der Waals surface area contributed by atoms with Crippen LogP contribution in [0.15, 0.2) is 11.4 Å². The van der Waals surface area contributed by atoms with Gasteiger partial charge in [0, 0.05) is 44.6 Å². The number of rotatable bonds is 5. The molecule has 2 amide bonds. The van der Waals surface area contributed by atoms with Gasteiger partial charge in [-0.25, -0.2) is 0 Å². The summed E-state index contributed by atoms with van der Waals surface area (Å²) >= 11 is 1.24. The van der Waals surface area contributed by atoms with Crippen molar-refractivity contribution in [1.29, 1.82) is 0 Å². The van der Waals surface area contributed by atoms with Gasteiger partial charge in [-0.2, -0.15) is 0 Å². The largest absolute Gasteiger partial charge is 0.366 e. The van der Waals surface area contributed by atoms with Crippen molar-refractivity contribution in [3.63, 3.8) is 0 Å². The minimum absolute atomic E-state index is 0.146. The Balaban J connectivity index is 1.75. The van der Waals surface area contributed by atoms with Crippen molar-refractivity contribution in [3.05, 3.63) is 21.9 Å². The molecule has 104 valence electrons. The molecule has 0 unspecified atom stereocenters. The summed E-state index contributed by atoms with van der Waals surface area (Å²) in [5.41, 5.74) is 5.53. The topological polar surface area (TPSA) is 87.5 Å². The van der Waals surface area contributed by atoms with Gasteiger partial charge in [-0.1, -0.05) is 0 Å². The molecule has 2 rings (SSSR count). The minimum Gasteiger partial charge on any atom is -0.366 e. The predicted octanol–water partition coefficient (Wildman–Crippen LogP) is -0.518. The fraction of sp³-hybridized carbons (Fsp3) is 0.500. The summed E-state index contributed by atoms with van der Waals surface area (Å²) in [5, 5.41) is 7.74. The van der Waals surface area contributed by atoms with Crippen molar-refractivity contribution >= 4 is 23.2 Å². The lowest BCUT2D eigenvalue weighted by Gasteiger charge is -2.26. The van der Waals surface area contributed by atoms with E-state index >= 15 is 0 Å². The van der Waals surface area contributed by atoms with Crippen LogP contribution >= 0.6 is 11.3 Å². The molecule has 6 nitrogen and oxygen atoms in total. The second kappa shape index (κ2) is 6.65. The standard InChI is InChI=1S/C12H18N4O2S/c13-11(17)9-7-10(19-8-9)12(18)15-3-6-16-4-1-14-2-5-16/h7-8,14H,1-6H2,(H2,13,17)(H,15,18). The average molecular weight is 282 g/mol. The molecule has 0 bridgehead atoms. The van der Waals surface area contributed by atoms with Gasteiger partial charge in [0.05, 0.1) is 10.4 Å². The number of thiophene rings is 1. The van der Waals surface area contributed by atoms with Crippen LogP contribution < -0.4 is 16.4 Å². The van der Waals surface area contributed by atoms with Crippen molar-refractivity contribution in [2.75, 3.05) is 39.3 Å². The fourth-order valence-corrected chi connectivity index (χ4v) is 2.75. The van der Waals surface area contributed by atoms with E-state index in [1.807, 2.05) is 0 Å². The first-order valence-corrected chi connectivity index (χ1v) is 7.14. The fourth-order valence-electron chi connectivity index (χ4n) is 1.93. The number of primary amides is 1. The molecule has 0 aromatic carbocycles. The van der Waals surface area contributed by atoms with Gasteiger partial charge in [0.2, 0.25) is 5.91 Å². The van der Waals surface area contributed by atoms with Gasteiger partial charge in [0.25, 0.3) is 5.91 Å². The van der Waals surface area contributed by atoms with Crippen LogP contribution in [0.25, 0.3) is 0 Å². The minimum atomic E-state index is -0.504. The van der Waals surface area contributed by atoms with Crippen molar-refractivity contribution in [2.24, 2.45) is 5.73 Å². The SMILES string of the molecule is NC(=O)c1csc(C(=O)NCCN2CCNCC2)c1. The average Bonchev–Trinajstić information content (AvgIpc) is 2.89. The number of hydrogen-bond donors (Lipinski definition) is 3. The van der Waals surface area contributed by atoms with E-state index in [4.69, 9.17) is 5.73 Å². The number of amides is 2. The zero-order valence-electron chi connectivity index (χ0n) is 10.6. The lowest BCUT2D eigenvalue weighted by molar-refractivity contribution is 0.0951. The lowest BCUT2D eigenvalue weighted by Crippen LogP contribution is -2.46. The van der Waals surface area contributed by atoms with Crippen LogP contribution in [-0.4, -0.2) is 56.0 Å². The summed E-state index contributed by atoms with van der Waals surface area (Å²) in [6.07, 6.45) is 0. The smallest absolute Gasteiger partial charge is 0.261 e. The van der Waals surface area contributed by atoms with Gasteiger partial charge >= 0.3 is 0 Å². The number of carbonyl (C=O) groups is 2. The Hall–Kier alpha value is -1.44. The molecule has 1 aromatic rings. The molecule has 1 fully saturated rings.